The van der Waals surface area contributed by atoms with E-state index < -0.39 is 0 Å². The SMILES string of the molecule is CCN(CC)c1cc(C)nc(Nc2ccc(NC(=O)[C@H]3CCCO3)cc2)n1. The first-order valence-corrected chi connectivity index (χ1v) is 9.49. The van der Waals surface area contributed by atoms with Crippen LogP contribution in [0.4, 0.5) is 23.1 Å². The van der Waals surface area contributed by atoms with Crippen molar-refractivity contribution < 1.29 is 9.53 Å². The Morgan fingerprint density at radius 2 is 1.89 bits per heavy atom. The van der Waals surface area contributed by atoms with Crippen molar-refractivity contribution in [3.63, 3.8) is 0 Å². The third-order valence-corrected chi connectivity index (χ3v) is 4.56. The predicted octanol–water partition coefficient (Wildman–Crippen LogP) is 3.49. The molecule has 0 saturated carbocycles. The Kier molecular flexibility index (Phi) is 6.24. The smallest absolute Gasteiger partial charge is 0.253 e. The van der Waals surface area contributed by atoms with E-state index in [0.29, 0.717) is 12.6 Å². The predicted molar refractivity (Wildman–Crippen MR) is 108 cm³/mol. The van der Waals surface area contributed by atoms with E-state index in [1.807, 2.05) is 37.3 Å². The van der Waals surface area contributed by atoms with Gasteiger partial charge >= 0.3 is 0 Å². The molecule has 0 unspecified atom stereocenters. The highest BCUT2D eigenvalue weighted by atomic mass is 16.5. The number of rotatable bonds is 7. The van der Waals surface area contributed by atoms with E-state index in [1.165, 1.54) is 0 Å². The van der Waals surface area contributed by atoms with Crippen LogP contribution in [0.2, 0.25) is 0 Å². The molecular weight excluding hydrogens is 342 g/mol. The quantitative estimate of drug-likeness (QED) is 0.778. The van der Waals surface area contributed by atoms with E-state index in [1.54, 1.807) is 0 Å². The molecule has 0 bridgehead atoms. The average Bonchev–Trinajstić information content (AvgIpc) is 3.19. The molecule has 1 aliphatic heterocycles. The molecule has 27 heavy (non-hydrogen) atoms. The number of amides is 1. The fourth-order valence-corrected chi connectivity index (χ4v) is 3.09. The van der Waals surface area contributed by atoms with Crippen molar-refractivity contribution in [3.05, 3.63) is 36.0 Å². The second kappa shape index (κ2) is 8.81. The minimum Gasteiger partial charge on any atom is -0.368 e. The largest absolute Gasteiger partial charge is 0.368 e. The third kappa shape index (κ3) is 4.95. The van der Waals surface area contributed by atoms with Crippen LogP contribution >= 0.6 is 0 Å². The van der Waals surface area contributed by atoms with Crippen LogP contribution in [0.25, 0.3) is 0 Å². The van der Waals surface area contributed by atoms with Crippen LogP contribution in [0, 0.1) is 6.92 Å². The Morgan fingerprint density at radius 1 is 1.19 bits per heavy atom. The first-order chi connectivity index (χ1) is 13.1. The number of nitrogens with zero attached hydrogens (tertiary/aromatic N) is 3. The van der Waals surface area contributed by atoms with Crippen molar-refractivity contribution in [1.82, 2.24) is 9.97 Å². The molecule has 0 spiro atoms. The van der Waals surface area contributed by atoms with Gasteiger partial charge in [0.25, 0.3) is 5.91 Å². The highest BCUT2D eigenvalue weighted by molar-refractivity contribution is 5.94. The molecule has 2 aromatic rings. The maximum Gasteiger partial charge on any atom is 0.253 e. The molecule has 7 nitrogen and oxygen atoms in total. The van der Waals surface area contributed by atoms with Crippen molar-refractivity contribution in [2.24, 2.45) is 0 Å². The van der Waals surface area contributed by atoms with Crippen molar-refractivity contribution in [1.29, 1.82) is 0 Å². The molecule has 1 aromatic heterocycles. The monoisotopic (exact) mass is 369 g/mol. The van der Waals surface area contributed by atoms with E-state index in [2.05, 4.69) is 39.3 Å². The minimum absolute atomic E-state index is 0.0842. The zero-order chi connectivity index (χ0) is 19.2. The van der Waals surface area contributed by atoms with Crippen LogP contribution in [-0.4, -0.2) is 41.7 Å². The van der Waals surface area contributed by atoms with Gasteiger partial charge in [-0.05, 0) is 57.9 Å². The summed E-state index contributed by atoms with van der Waals surface area (Å²) in [7, 11) is 0. The molecule has 0 radical (unpaired) electrons. The van der Waals surface area contributed by atoms with Gasteiger partial charge in [0.15, 0.2) is 0 Å². The Bertz CT molecular complexity index is 768. The Morgan fingerprint density at radius 3 is 2.52 bits per heavy atom. The normalized spacial score (nSPS) is 16.2. The summed E-state index contributed by atoms with van der Waals surface area (Å²) >= 11 is 0. The molecule has 3 rings (SSSR count). The average molecular weight is 369 g/mol. The van der Waals surface area contributed by atoms with Crippen LogP contribution in [0.3, 0.4) is 0 Å². The molecule has 2 N–H and O–H groups in total. The number of aromatic nitrogens is 2. The first-order valence-electron chi connectivity index (χ1n) is 9.49. The van der Waals surface area contributed by atoms with Gasteiger partial charge in [0.2, 0.25) is 5.95 Å². The number of benzene rings is 1. The van der Waals surface area contributed by atoms with Gasteiger partial charge in [0, 0.05) is 42.8 Å². The molecular formula is C20H27N5O2. The summed E-state index contributed by atoms with van der Waals surface area (Å²) in [6.45, 7) is 8.63. The van der Waals surface area contributed by atoms with Crippen LogP contribution in [0.5, 0.6) is 0 Å². The van der Waals surface area contributed by atoms with Crippen molar-refractivity contribution in [2.75, 3.05) is 35.2 Å². The third-order valence-electron chi connectivity index (χ3n) is 4.56. The maximum atomic E-state index is 12.1. The van der Waals surface area contributed by atoms with Crippen LogP contribution < -0.4 is 15.5 Å². The number of nitrogens with one attached hydrogen (secondary N) is 2. The zero-order valence-corrected chi connectivity index (χ0v) is 16.2. The number of aryl methyl sites for hydroxylation is 1. The fourth-order valence-electron chi connectivity index (χ4n) is 3.09. The Balaban J connectivity index is 1.66. The summed E-state index contributed by atoms with van der Waals surface area (Å²) in [5.74, 6) is 1.39. The number of carbonyl (C=O) groups excluding carboxylic acids is 1. The highest BCUT2D eigenvalue weighted by Crippen LogP contribution is 2.21. The zero-order valence-electron chi connectivity index (χ0n) is 16.2. The summed E-state index contributed by atoms with van der Waals surface area (Å²) in [6, 6.07) is 9.50. The summed E-state index contributed by atoms with van der Waals surface area (Å²) in [5.41, 5.74) is 2.52. The topological polar surface area (TPSA) is 79.4 Å². The minimum atomic E-state index is -0.331. The van der Waals surface area contributed by atoms with Gasteiger partial charge in [-0.25, -0.2) is 4.98 Å². The van der Waals surface area contributed by atoms with Crippen molar-refractivity contribution >= 4 is 29.0 Å². The van der Waals surface area contributed by atoms with Gasteiger partial charge in [-0.1, -0.05) is 0 Å². The van der Waals surface area contributed by atoms with Gasteiger partial charge in [0.05, 0.1) is 0 Å². The molecule has 7 heteroatoms. The van der Waals surface area contributed by atoms with E-state index in [9.17, 15) is 4.79 Å². The number of carbonyl (C=O) groups is 1. The second-order valence-electron chi connectivity index (χ2n) is 6.56. The lowest BCUT2D eigenvalue weighted by Crippen LogP contribution is -2.26. The Hall–Kier alpha value is -2.67. The lowest BCUT2D eigenvalue weighted by atomic mass is 10.2. The van der Waals surface area contributed by atoms with Crippen LogP contribution in [0.15, 0.2) is 30.3 Å². The first kappa shape index (κ1) is 19.1. The molecule has 1 amide bonds. The molecule has 1 aliphatic rings. The highest BCUT2D eigenvalue weighted by Gasteiger charge is 2.23. The van der Waals surface area contributed by atoms with E-state index in [0.717, 1.165) is 48.8 Å². The number of hydrogen-bond donors (Lipinski definition) is 2. The van der Waals surface area contributed by atoms with E-state index >= 15 is 0 Å². The lowest BCUT2D eigenvalue weighted by Gasteiger charge is -2.20. The number of hydrogen-bond acceptors (Lipinski definition) is 6. The summed E-state index contributed by atoms with van der Waals surface area (Å²) < 4.78 is 5.40. The summed E-state index contributed by atoms with van der Waals surface area (Å²) in [4.78, 5) is 23.4. The standard InChI is InChI=1S/C20H27N5O2/c1-4-25(5-2)18-13-14(3)21-20(24-18)23-16-10-8-15(9-11-16)22-19(26)17-7-6-12-27-17/h8-11,13,17H,4-7,12H2,1-3H3,(H,22,26)(H,21,23,24)/t17-/m1/s1. The Labute approximate surface area is 160 Å². The van der Waals surface area contributed by atoms with Gasteiger partial charge in [-0.3, -0.25) is 4.79 Å². The number of ether oxygens (including phenoxy) is 1. The van der Waals surface area contributed by atoms with Gasteiger partial charge in [0.1, 0.15) is 11.9 Å². The molecule has 0 aliphatic carbocycles. The maximum absolute atomic E-state index is 12.1. The van der Waals surface area contributed by atoms with E-state index in [-0.39, 0.29) is 12.0 Å². The van der Waals surface area contributed by atoms with Crippen molar-refractivity contribution in [2.45, 2.75) is 39.7 Å². The molecule has 1 saturated heterocycles. The summed E-state index contributed by atoms with van der Waals surface area (Å²) in [6.07, 6.45) is 1.39. The van der Waals surface area contributed by atoms with Crippen molar-refractivity contribution in [3.8, 4) is 0 Å². The lowest BCUT2D eigenvalue weighted by molar-refractivity contribution is -0.124. The molecule has 2 heterocycles. The van der Waals surface area contributed by atoms with Crippen LogP contribution in [0.1, 0.15) is 32.4 Å². The van der Waals surface area contributed by atoms with Gasteiger partial charge in [-0.15, -0.1) is 0 Å². The number of anilines is 4. The second-order valence-corrected chi connectivity index (χ2v) is 6.56. The van der Waals surface area contributed by atoms with Gasteiger partial charge < -0.3 is 20.3 Å². The summed E-state index contributed by atoms with van der Waals surface area (Å²) in [5, 5.41) is 6.13. The molecule has 1 aromatic carbocycles. The van der Waals surface area contributed by atoms with Gasteiger partial charge in [-0.2, -0.15) is 4.98 Å². The fraction of sp³-hybridized carbons (Fsp3) is 0.450. The van der Waals surface area contributed by atoms with E-state index in [4.69, 9.17) is 4.74 Å². The molecule has 1 atom stereocenters. The van der Waals surface area contributed by atoms with Crippen LogP contribution in [-0.2, 0) is 9.53 Å². The molecule has 1 fully saturated rings. The molecule has 144 valence electrons.